The highest BCUT2D eigenvalue weighted by atomic mass is 19.4. The molecule has 0 aromatic rings. The van der Waals surface area contributed by atoms with E-state index in [1.807, 2.05) is 0 Å². The van der Waals surface area contributed by atoms with Gasteiger partial charge < -0.3 is 5.11 Å². The molecule has 1 fully saturated rings. The number of halogens is 3. The lowest BCUT2D eigenvalue weighted by Gasteiger charge is -2.20. The summed E-state index contributed by atoms with van der Waals surface area (Å²) < 4.78 is 35.9. The SMILES string of the molecule is OC1CCCCCC1CCC(F)(F)F. The molecule has 0 amide bonds. The van der Waals surface area contributed by atoms with Crippen LogP contribution in [0.2, 0.25) is 0 Å². The van der Waals surface area contributed by atoms with Gasteiger partial charge in [0.05, 0.1) is 6.10 Å². The summed E-state index contributed by atoms with van der Waals surface area (Å²) in [6, 6.07) is 0. The Morgan fingerprint density at radius 2 is 1.71 bits per heavy atom. The van der Waals surface area contributed by atoms with Gasteiger partial charge in [-0.3, -0.25) is 0 Å². The Kier molecular flexibility index (Phi) is 4.23. The van der Waals surface area contributed by atoms with E-state index >= 15 is 0 Å². The van der Waals surface area contributed by atoms with Gasteiger partial charge in [0, 0.05) is 6.42 Å². The van der Waals surface area contributed by atoms with E-state index in [1.165, 1.54) is 0 Å². The fraction of sp³-hybridized carbons (Fsp3) is 1.00. The fourth-order valence-corrected chi connectivity index (χ4v) is 2.05. The zero-order valence-electron chi connectivity index (χ0n) is 8.19. The molecule has 1 nitrogen and oxygen atoms in total. The summed E-state index contributed by atoms with van der Waals surface area (Å²) >= 11 is 0. The molecule has 0 heterocycles. The third kappa shape index (κ3) is 4.31. The van der Waals surface area contributed by atoms with Crippen LogP contribution >= 0.6 is 0 Å². The maximum atomic E-state index is 12.0. The molecule has 1 N–H and O–H groups in total. The molecular weight excluding hydrogens is 193 g/mol. The molecule has 0 aromatic carbocycles. The van der Waals surface area contributed by atoms with Gasteiger partial charge in [0.25, 0.3) is 0 Å². The molecule has 0 bridgehead atoms. The van der Waals surface area contributed by atoms with E-state index in [4.69, 9.17) is 0 Å². The minimum Gasteiger partial charge on any atom is -0.393 e. The normalized spacial score (nSPS) is 30.0. The molecule has 1 aliphatic carbocycles. The van der Waals surface area contributed by atoms with E-state index in [9.17, 15) is 18.3 Å². The van der Waals surface area contributed by atoms with Crippen LogP contribution < -0.4 is 0 Å². The lowest BCUT2D eigenvalue weighted by Crippen LogP contribution is -2.21. The highest BCUT2D eigenvalue weighted by Crippen LogP contribution is 2.31. The summed E-state index contributed by atoms with van der Waals surface area (Å²) in [6.07, 6.45) is -0.895. The third-order valence-corrected chi connectivity index (χ3v) is 2.92. The highest BCUT2D eigenvalue weighted by molar-refractivity contribution is 4.73. The van der Waals surface area contributed by atoms with Crippen molar-refractivity contribution in [2.75, 3.05) is 0 Å². The van der Waals surface area contributed by atoms with Crippen LogP contribution in [0, 0.1) is 5.92 Å². The molecule has 14 heavy (non-hydrogen) atoms. The van der Waals surface area contributed by atoms with Gasteiger partial charge in [0.1, 0.15) is 0 Å². The molecule has 84 valence electrons. The Hall–Kier alpha value is -0.250. The van der Waals surface area contributed by atoms with Crippen LogP contribution in [-0.2, 0) is 0 Å². The van der Waals surface area contributed by atoms with Crippen molar-refractivity contribution in [3.63, 3.8) is 0 Å². The summed E-state index contributed by atoms with van der Waals surface area (Å²) in [5, 5.41) is 9.58. The van der Waals surface area contributed by atoms with Crippen molar-refractivity contribution >= 4 is 0 Å². The summed E-state index contributed by atoms with van der Waals surface area (Å²) in [7, 11) is 0. The van der Waals surface area contributed by atoms with E-state index in [2.05, 4.69) is 0 Å². The average molecular weight is 210 g/mol. The minimum atomic E-state index is -4.08. The summed E-state index contributed by atoms with van der Waals surface area (Å²) in [5.41, 5.74) is 0. The van der Waals surface area contributed by atoms with Crippen molar-refractivity contribution in [1.29, 1.82) is 0 Å². The van der Waals surface area contributed by atoms with Crippen LogP contribution in [0.3, 0.4) is 0 Å². The first-order valence-electron chi connectivity index (χ1n) is 5.24. The van der Waals surface area contributed by atoms with Crippen molar-refractivity contribution in [1.82, 2.24) is 0 Å². The van der Waals surface area contributed by atoms with Crippen molar-refractivity contribution in [2.24, 2.45) is 5.92 Å². The Labute approximate surface area is 82.3 Å². The predicted molar refractivity (Wildman–Crippen MR) is 47.9 cm³/mol. The number of aliphatic hydroxyl groups is 1. The largest absolute Gasteiger partial charge is 0.393 e. The van der Waals surface area contributed by atoms with Crippen molar-refractivity contribution < 1.29 is 18.3 Å². The topological polar surface area (TPSA) is 20.2 Å². The second kappa shape index (κ2) is 5.01. The number of alkyl halides is 3. The van der Waals surface area contributed by atoms with Crippen LogP contribution in [0.4, 0.5) is 13.2 Å². The maximum absolute atomic E-state index is 12.0. The first-order chi connectivity index (χ1) is 6.49. The molecule has 0 aromatic heterocycles. The van der Waals surface area contributed by atoms with Gasteiger partial charge in [0.15, 0.2) is 0 Å². The zero-order valence-corrected chi connectivity index (χ0v) is 8.19. The Morgan fingerprint density at radius 1 is 1.07 bits per heavy atom. The quantitative estimate of drug-likeness (QED) is 0.693. The maximum Gasteiger partial charge on any atom is 0.389 e. The van der Waals surface area contributed by atoms with E-state index in [0.29, 0.717) is 6.42 Å². The molecule has 1 saturated carbocycles. The molecule has 1 aliphatic rings. The van der Waals surface area contributed by atoms with Crippen LogP contribution in [-0.4, -0.2) is 17.4 Å². The van der Waals surface area contributed by atoms with Crippen LogP contribution in [0.5, 0.6) is 0 Å². The average Bonchev–Trinajstić information content (AvgIpc) is 2.25. The lowest BCUT2D eigenvalue weighted by atomic mass is 9.92. The first-order valence-corrected chi connectivity index (χ1v) is 5.24. The van der Waals surface area contributed by atoms with Crippen molar-refractivity contribution in [3.8, 4) is 0 Å². The number of hydrogen-bond donors (Lipinski definition) is 1. The first kappa shape index (κ1) is 11.8. The molecule has 0 saturated heterocycles. The standard InChI is InChI=1S/C10H17F3O/c11-10(12,13)7-6-8-4-2-1-3-5-9(8)14/h8-9,14H,1-7H2. The molecule has 0 spiro atoms. The third-order valence-electron chi connectivity index (χ3n) is 2.92. The molecule has 1 rings (SSSR count). The molecular formula is C10H17F3O. The summed E-state index contributed by atoms with van der Waals surface area (Å²) in [5.74, 6) is -0.140. The lowest BCUT2D eigenvalue weighted by molar-refractivity contribution is -0.139. The van der Waals surface area contributed by atoms with Crippen LogP contribution in [0.1, 0.15) is 44.9 Å². The van der Waals surface area contributed by atoms with E-state index in [-0.39, 0.29) is 12.3 Å². The number of aliphatic hydroxyl groups excluding tert-OH is 1. The molecule has 0 aliphatic heterocycles. The number of rotatable bonds is 2. The molecule has 2 unspecified atom stereocenters. The van der Waals surface area contributed by atoms with Gasteiger partial charge in [-0.25, -0.2) is 0 Å². The Morgan fingerprint density at radius 3 is 2.36 bits per heavy atom. The smallest absolute Gasteiger partial charge is 0.389 e. The number of hydrogen-bond acceptors (Lipinski definition) is 1. The van der Waals surface area contributed by atoms with Crippen molar-refractivity contribution in [2.45, 2.75) is 57.2 Å². The van der Waals surface area contributed by atoms with Gasteiger partial charge in [-0.2, -0.15) is 13.2 Å². The monoisotopic (exact) mass is 210 g/mol. The van der Waals surface area contributed by atoms with Gasteiger partial charge in [-0.1, -0.05) is 19.3 Å². The Bertz CT molecular complexity index is 167. The van der Waals surface area contributed by atoms with Gasteiger partial charge in [0.2, 0.25) is 0 Å². The predicted octanol–water partition coefficient (Wildman–Crippen LogP) is 3.27. The second-order valence-corrected chi connectivity index (χ2v) is 4.12. The minimum absolute atomic E-state index is 0.0880. The molecule has 4 heteroatoms. The highest BCUT2D eigenvalue weighted by Gasteiger charge is 2.30. The van der Waals surface area contributed by atoms with Gasteiger partial charge >= 0.3 is 6.18 Å². The van der Waals surface area contributed by atoms with E-state index in [1.54, 1.807) is 0 Å². The van der Waals surface area contributed by atoms with Gasteiger partial charge in [-0.05, 0) is 25.2 Å². The summed E-state index contributed by atoms with van der Waals surface area (Å²) in [4.78, 5) is 0. The van der Waals surface area contributed by atoms with E-state index < -0.39 is 18.7 Å². The van der Waals surface area contributed by atoms with E-state index in [0.717, 1.165) is 25.7 Å². The van der Waals surface area contributed by atoms with Crippen molar-refractivity contribution in [3.05, 3.63) is 0 Å². The molecule has 2 atom stereocenters. The second-order valence-electron chi connectivity index (χ2n) is 4.12. The van der Waals surface area contributed by atoms with Crippen LogP contribution in [0.25, 0.3) is 0 Å². The zero-order chi connectivity index (χ0) is 10.6. The van der Waals surface area contributed by atoms with Gasteiger partial charge in [-0.15, -0.1) is 0 Å². The fourth-order valence-electron chi connectivity index (χ4n) is 2.05. The van der Waals surface area contributed by atoms with Crippen LogP contribution in [0.15, 0.2) is 0 Å². The Balaban J connectivity index is 2.33. The summed E-state index contributed by atoms with van der Waals surface area (Å²) in [6.45, 7) is 0. The molecule has 0 radical (unpaired) electrons.